The fourth-order valence-corrected chi connectivity index (χ4v) is 4.82. The van der Waals surface area contributed by atoms with Crippen molar-refractivity contribution in [2.75, 3.05) is 17.6 Å². The Balaban J connectivity index is 1.46. The summed E-state index contributed by atoms with van der Waals surface area (Å²) in [4.78, 5) is 31.0. The zero-order valence-electron chi connectivity index (χ0n) is 13.3. The lowest BCUT2D eigenvalue weighted by Crippen LogP contribution is -2.35. The molecule has 4 rings (SSSR count). The van der Waals surface area contributed by atoms with Gasteiger partial charge in [0.25, 0.3) is 0 Å². The van der Waals surface area contributed by atoms with Crippen molar-refractivity contribution in [3.63, 3.8) is 0 Å². The van der Waals surface area contributed by atoms with Crippen LogP contribution < -0.4 is 5.32 Å². The van der Waals surface area contributed by atoms with Gasteiger partial charge in [-0.1, -0.05) is 24.6 Å². The van der Waals surface area contributed by atoms with Crippen LogP contribution in [0.5, 0.6) is 0 Å². The number of hydrogen-bond acceptors (Lipinski definition) is 5. The molecule has 1 aromatic heterocycles. The van der Waals surface area contributed by atoms with Crippen molar-refractivity contribution in [3.05, 3.63) is 5.69 Å². The van der Waals surface area contributed by atoms with Crippen LogP contribution in [-0.2, 0) is 16.1 Å². The van der Waals surface area contributed by atoms with E-state index in [1.165, 1.54) is 0 Å². The van der Waals surface area contributed by atoms with Crippen LogP contribution in [0.2, 0.25) is 0 Å². The van der Waals surface area contributed by atoms with Crippen molar-refractivity contribution >= 4 is 29.4 Å². The number of fused-ring (bicyclic) bond motifs is 1. The molecule has 3 heterocycles. The lowest BCUT2D eigenvalue weighted by atomic mass is 10.1. The predicted octanol–water partition coefficient (Wildman–Crippen LogP) is 1.59. The Kier molecular flexibility index (Phi) is 3.96. The van der Waals surface area contributed by atoms with Crippen LogP contribution in [0, 0.1) is 17.2 Å². The Hall–Kier alpha value is -2.01. The lowest BCUT2D eigenvalue weighted by molar-refractivity contribution is -0.129. The fraction of sp³-hybridized carbons (Fsp3) is 0.625. The molecule has 24 heavy (non-hydrogen) atoms. The number of hydrogen-bond donors (Lipinski definition) is 1. The van der Waals surface area contributed by atoms with Crippen LogP contribution >= 0.6 is 11.8 Å². The van der Waals surface area contributed by atoms with Gasteiger partial charge in [0.1, 0.15) is 6.07 Å². The molecule has 1 saturated heterocycles. The molecule has 7 nitrogen and oxygen atoms in total. The van der Waals surface area contributed by atoms with Crippen molar-refractivity contribution in [1.82, 2.24) is 14.5 Å². The number of thioether (sulfide) groups is 1. The number of aromatic nitrogens is 2. The van der Waals surface area contributed by atoms with Gasteiger partial charge in [0.05, 0.1) is 5.92 Å². The average Bonchev–Trinajstić information content (AvgIpc) is 3.29. The molecule has 1 N–H and O–H groups in total. The van der Waals surface area contributed by atoms with Crippen LogP contribution in [0.25, 0.3) is 0 Å². The highest BCUT2D eigenvalue weighted by atomic mass is 32.2. The topological polar surface area (TPSA) is 91.0 Å². The summed E-state index contributed by atoms with van der Waals surface area (Å²) >= 11 is 1.58. The van der Waals surface area contributed by atoms with Crippen molar-refractivity contribution < 1.29 is 9.59 Å². The number of nitrogens with zero attached hydrogens (tertiary/aromatic N) is 4. The zero-order chi connectivity index (χ0) is 16.7. The first kappa shape index (κ1) is 15.5. The third-order valence-corrected chi connectivity index (χ3v) is 6.08. The minimum atomic E-state index is -0.353. The standard InChI is InChI=1S/C16H19N5O2S/c17-8-12-14(19-16-20(12)5-6-24-16)18-15(23)10-7-13(22)21(9-10)11-3-1-2-4-11/h10-11H,1-7,9H2,(H,18,23). The van der Waals surface area contributed by atoms with Crippen molar-refractivity contribution in [3.8, 4) is 6.07 Å². The van der Waals surface area contributed by atoms with Gasteiger partial charge in [-0.15, -0.1) is 0 Å². The lowest BCUT2D eigenvalue weighted by Gasteiger charge is -2.23. The molecule has 0 radical (unpaired) electrons. The van der Waals surface area contributed by atoms with Gasteiger partial charge in [0.15, 0.2) is 16.7 Å². The summed E-state index contributed by atoms with van der Waals surface area (Å²) in [6, 6.07) is 2.43. The van der Waals surface area contributed by atoms with Crippen LogP contribution in [0.15, 0.2) is 5.16 Å². The molecule has 1 atom stereocenters. The van der Waals surface area contributed by atoms with Gasteiger partial charge >= 0.3 is 0 Å². The monoisotopic (exact) mass is 345 g/mol. The molecule has 0 aromatic carbocycles. The first-order valence-electron chi connectivity index (χ1n) is 8.41. The van der Waals surface area contributed by atoms with Crippen LogP contribution in [0.4, 0.5) is 5.82 Å². The summed E-state index contributed by atoms with van der Waals surface area (Å²) in [5.41, 5.74) is 0.403. The largest absolute Gasteiger partial charge is 0.339 e. The van der Waals surface area contributed by atoms with E-state index < -0.39 is 0 Å². The molecule has 126 valence electrons. The quantitative estimate of drug-likeness (QED) is 0.898. The van der Waals surface area contributed by atoms with E-state index in [1.807, 2.05) is 9.47 Å². The van der Waals surface area contributed by atoms with Gasteiger partial charge in [-0.2, -0.15) is 5.26 Å². The number of carbonyl (C=O) groups is 2. The number of nitriles is 1. The minimum Gasteiger partial charge on any atom is -0.339 e. The van der Waals surface area contributed by atoms with Crippen molar-refractivity contribution in [2.24, 2.45) is 5.92 Å². The Labute approximate surface area is 144 Å². The summed E-state index contributed by atoms with van der Waals surface area (Å²) in [5.74, 6) is 0.747. The number of nitrogens with one attached hydrogen (secondary N) is 1. The van der Waals surface area contributed by atoms with Gasteiger partial charge < -0.3 is 14.8 Å². The number of carbonyl (C=O) groups excluding carboxylic acids is 2. The average molecular weight is 345 g/mol. The molecule has 3 aliphatic rings. The summed E-state index contributed by atoms with van der Waals surface area (Å²) in [7, 11) is 0. The van der Waals surface area contributed by atoms with E-state index in [-0.39, 0.29) is 24.2 Å². The number of likely N-dealkylation sites (tertiary alicyclic amines) is 1. The fourth-order valence-electron chi connectivity index (χ4n) is 3.87. The molecule has 2 amide bonds. The maximum absolute atomic E-state index is 12.6. The maximum atomic E-state index is 12.6. The van der Waals surface area contributed by atoms with Crippen LogP contribution in [-0.4, -0.2) is 44.6 Å². The molecule has 2 aliphatic heterocycles. The van der Waals surface area contributed by atoms with E-state index in [1.54, 1.807) is 11.8 Å². The molecular weight excluding hydrogens is 326 g/mol. The normalized spacial score (nSPS) is 23.5. The molecule has 0 bridgehead atoms. The van der Waals surface area contributed by atoms with Gasteiger partial charge in [-0.3, -0.25) is 9.59 Å². The minimum absolute atomic E-state index is 0.0745. The highest BCUT2D eigenvalue weighted by molar-refractivity contribution is 7.99. The molecular formula is C16H19N5O2S. The van der Waals surface area contributed by atoms with E-state index >= 15 is 0 Å². The second-order valence-corrected chi connectivity index (χ2v) is 7.64. The Morgan fingerprint density at radius 2 is 2.17 bits per heavy atom. The van der Waals surface area contributed by atoms with Gasteiger partial charge in [0.2, 0.25) is 11.8 Å². The molecule has 1 aliphatic carbocycles. The maximum Gasteiger partial charge on any atom is 0.231 e. The highest BCUT2D eigenvalue weighted by Crippen LogP contribution is 2.32. The Bertz CT molecular complexity index is 732. The zero-order valence-corrected chi connectivity index (χ0v) is 14.1. The molecule has 8 heteroatoms. The number of rotatable bonds is 3. The molecule has 2 fully saturated rings. The third kappa shape index (κ3) is 2.57. The van der Waals surface area contributed by atoms with E-state index in [9.17, 15) is 14.9 Å². The Morgan fingerprint density at radius 1 is 1.38 bits per heavy atom. The third-order valence-electron chi connectivity index (χ3n) is 5.12. The molecule has 1 saturated carbocycles. The SMILES string of the molecule is N#Cc1c(NC(=O)C2CC(=O)N(C3CCCC3)C2)nc2n1CCS2. The number of anilines is 1. The summed E-state index contributed by atoms with van der Waals surface area (Å²) in [6.07, 6.45) is 4.67. The van der Waals surface area contributed by atoms with Crippen molar-refractivity contribution in [1.29, 1.82) is 5.26 Å². The van der Waals surface area contributed by atoms with E-state index in [2.05, 4.69) is 16.4 Å². The van der Waals surface area contributed by atoms with Gasteiger partial charge in [-0.25, -0.2) is 4.98 Å². The van der Waals surface area contributed by atoms with E-state index in [0.29, 0.717) is 24.1 Å². The highest BCUT2D eigenvalue weighted by Gasteiger charge is 2.39. The van der Waals surface area contributed by atoms with Gasteiger partial charge in [0, 0.05) is 31.3 Å². The molecule has 1 aromatic rings. The molecule has 1 unspecified atom stereocenters. The summed E-state index contributed by atoms with van der Waals surface area (Å²) in [6.45, 7) is 1.22. The number of imidazole rings is 1. The number of amides is 2. The smallest absolute Gasteiger partial charge is 0.231 e. The summed E-state index contributed by atoms with van der Waals surface area (Å²) < 4.78 is 1.84. The Morgan fingerprint density at radius 3 is 2.92 bits per heavy atom. The molecule has 0 spiro atoms. The first-order chi connectivity index (χ1) is 11.7. The van der Waals surface area contributed by atoms with Gasteiger partial charge in [-0.05, 0) is 12.8 Å². The second-order valence-electron chi connectivity index (χ2n) is 6.58. The predicted molar refractivity (Wildman–Crippen MR) is 88.4 cm³/mol. The van der Waals surface area contributed by atoms with Crippen LogP contribution in [0.1, 0.15) is 37.8 Å². The summed E-state index contributed by atoms with van der Waals surface area (Å²) in [5, 5.41) is 12.9. The van der Waals surface area contributed by atoms with E-state index in [0.717, 1.165) is 43.1 Å². The second kappa shape index (κ2) is 6.13. The van der Waals surface area contributed by atoms with E-state index in [4.69, 9.17) is 0 Å². The van der Waals surface area contributed by atoms with Crippen LogP contribution in [0.3, 0.4) is 0 Å². The first-order valence-corrected chi connectivity index (χ1v) is 9.39. The van der Waals surface area contributed by atoms with Crippen molar-refractivity contribution in [2.45, 2.75) is 49.8 Å².